The fourth-order valence-electron chi connectivity index (χ4n) is 1.17. The van der Waals surface area contributed by atoms with Gasteiger partial charge in [0.15, 0.2) is 0 Å². The molecule has 6 heteroatoms. The van der Waals surface area contributed by atoms with Crippen LogP contribution in [-0.2, 0) is 0 Å². The molecule has 84 valence electrons. The summed E-state index contributed by atoms with van der Waals surface area (Å²) in [5, 5.41) is 11.0. The van der Waals surface area contributed by atoms with E-state index < -0.39 is 4.92 Å². The molecule has 2 heterocycles. The number of hydrogen-bond acceptors (Lipinski definition) is 3. The Kier molecular flexibility index (Phi) is 3.08. The van der Waals surface area contributed by atoms with Crippen LogP contribution in [0.5, 0.6) is 0 Å². The van der Waals surface area contributed by atoms with Gasteiger partial charge in [-0.15, -0.1) is 0 Å². The molecule has 0 atom stereocenters. The average Bonchev–Trinajstić information content (AvgIpc) is 2.72. The van der Waals surface area contributed by atoms with E-state index in [0.29, 0.717) is 16.4 Å². The minimum absolute atomic E-state index is 0.227. The average molecular weight is 248 g/mol. The van der Waals surface area contributed by atoms with E-state index in [1.807, 2.05) is 0 Å². The van der Waals surface area contributed by atoms with Gasteiger partial charge in [-0.3, -0.25) is 0 Å². The van der Waals surface area contributed by atoms with Crippen LogP contribution in [0.25, 0.3) is 0 Å². The molecular weight excluding hydrogens is 242 g/mol. The summed E-state index contributed by atoms with van der Waals surface area (Å²) < 4.78 is 0. The van der Waals surface area contributed by atoms with Crippen molar-refractivity contribution >= 4 is 17.4 Å². The van der Waals surface area contributed by atoms with Crippen LogP contribution in [0.1, 0.15) is 11.4 Å². The monoisotopic (exact) mass is 247 g/mol. The third-order valence-electron chi connectivity index (χ3n) is 1.93. The zero-order chi connectivity index (χ0) is 12.3. The van der Waals surface area contributed by atoms with E-state index in [-0.39, 0.29) is 5.82 Å². The number of hydrogen-bond donors (Lipinski definition) is 1. The minimum atomic E-state index is -0.563. The van der Waals surface area contributed by atoms with E-state index in [0.717, 1.165) is 0 Å². The van der Waals surface area contributed by atoms with Gasteiger partial charge in [-0.1, -0.05) is 11.6 Å². The van der Waals surface area contributed by atoms with Crippen molar-refractivity contribution in [3.8, 4) is 11.8 Å². The highest BCUT2D eigenvalue weighted by molar-refractivity contribution is 6.31. The molecule has 0 aromatic carbocycles. The summed E-state index contributed by atoms with van der Waals surface area (Å²) in [6.45, 7) is 0. The Morgan fingerprint density at radius 1 is 1.35 bits per heavy atom. The number of aromatic nitrogens is 2. The standard InChI is InChI=1S/C11H6ClN3O2/c12-9-6-7-13-10(9)5-4-8-2-1-3-11(14-8)15(16)17/h1-3,6-7,13H. The summed E-state index contributed by atoms with van der Waals surface area (Å²) in [6, 6.07) is 6.11. The Hall–Kier alpha value is -2.32. The summed E-state index contributed by atoms with van der Waals surface area (Å²) in [7, 11) is 0. The van der Waals surface area contributed by atoms with Crippen molar-refractivity contribution in [3.05, 3.63) is 57.0 Å². The van der Waals surface area contributed by atoms with Crippen LogP contribution in [-0.4, -0.2) is 14.9 Å². The molecule has 0 spiro atoms. The maximum absolute atomic E-state index is 10.5. The number of H-pyrrole nitrogens is 1. The summed E-state index contributed by atoms with van der Waals surface area (Å²) in [4.78, 5) is 16.6. The van der Waals surface area contributed by atoms with E-state index in [4.69, 9.17) is 11.6 Å². The van der Waals surface area contributed by atoms with E-state index in [2.05, 4.69) is 21.8 Å². The molecule has 0 bridgehead atoms. The second kappa shape index (κ2) is 4.68. The highest BCUT2D eigenvalue weighted by Crippen LogP contribution is 2.12. The lowest BCUT2D eigenvalue weighted by Gasteiger charge is -1.90. The largest absolute Gasteiger partial charge is 0.364 e. The van der Waals surface area contributed by atoms with Crippen LogP contribution < -0.4 is 0 Å². The van der Waals surface area contributed by atoms with Gasteiger partial charge >= 0.3 is 5.82 Å². The molecule has 0 fully saturated rings. The van der Waals surface area contributed by atoms with E-state index in [1.54, 1.807) is 18.3 Å². The SMILES string of the molecule is O=[N+]([O-])c1cccc(C#Cc2[nH]ccc2Cl)n1. The first-order valence-corrected chi connectivity index (χ1v) is 5.01. The number of rotatable bonds is 1. The van der Waals surface area contributed by atoms with Gasteiger partial charge in [0.1, 0.15) is 5.69 Å². The van der Waals surface area contributed by atoms with Gasteiger partial charge in [0.05, 0.1) is 5.02 Å². The molecule has 1 N–H and O–H groups in total. The maximum Gasteiger partial charge on any atom is 0.364 e. The fraction of sp³-hybridized carbons (Fsp3) is 0. The van der Waals surface area contributed by atoms with Gasteiger partial charge in [0.25, 0.3) is 0 Å². The Morgan fingerprint density at radius 3 is 2.82 bits per heavy atom. The van der Waals surface area contributed by atoms with Gasteiger partial charge < -0.3 is 15.1 Å². The summed E-state index contributed by atoms with van der Waals surface area (Å²) in [5.74, 6) is 5.23. The third kappa shape index (κ3) is 2.62. The van der Waals surface area contributed by atoms with Crippen LogP contribution >= 0.6 is 11.6 Å². The van der Waals surface area contributed by atoms with Crippen LogP contribution in [0, 0.1) is 22.0 Å². The number of halogens is 1. The molecule has 0 aliphatic carbocycles. The molecule has 17 heavy (non-hydrogen) atoms. The zero-order valence-electron chi connectivity index (χ0n) is 8.48. The number of pyridine rings is 1. The first kappa shape index (κ1) is 11.2. The summed E-state index contributed by atoms with van der Waals surface area (Å²) in [5.41, 5.74) is 0.879. The molecule has 2 aromatic heterocycles. The van der Waals surface area contributed by atoms with Gasteiger partial charge in [-0.2, -0.15) is 0 Å². The van der Waals surface area contributed by atoms with Crippen LogP contribution in [0.15, 0.2) is 30.5 Å². The number of nitro groups is 1. The predicted octanol–water partition coefficient (Wildman–Crippen LogP) is 2.37. The van der Waals surface area contributed by atoms with E-state index >= 15 is 0 Å². The van der Waals surface area contributed by atoms with Gasteiger partial charge in [-0.25, -0.2) is 0 Å². The molecule has 0 aliphatic rings. The van der Waals surface area contributed by atoms with Crippen molar-refractivity contribution in [3.63, 3.8) is 0 Å². The zero-order valence-corrected chi connectivity index (χ0v) is 9.23. The van der Waals surface area contributed by atoms with Crippen LogP contribution in [0.3, 0.4) is 0 Å². The molecular formula is C11H6ClN3O2. The number of nitrogens with zero attached hydrogens (tertiary/aromatic N) is 2. The highest BCUT2D eigenvalue weighted by Gasteiger charge is 2.07. The molecule has 0 amide bonds. The lowest BCUT2D eigenvalue weighted by molar-refractivity contribution is -0.389. The molecule has 0 aliphatic heterocycles. The van der Waals surface area contributed by atoms with Crippen LogP contribution in [0.4, 0.5) is 5.82 Å². The molecule has 0 radical (unpaired) electrons. The quantitative estimate of drug-likeness (QED) is 0.478. The van der Waals surface area contributed by atoms with Crippen molar-refractivity contribution in [2.75, 3.05) is 0 Å². The Morgan fingerprint density at radius 2 is 2.18 bits per heavy atom. The van der Waals surface area contributed by atoms with Gasteiger partial charge in [-0.05, 0) is 39.9 Å². The Bertz CT molecular complexity index is 625. The van der Waals surface area contributed by atoms with Gasteiger partial charge in [0.2, 0.25) is 5.69 Å². The first-order chi connectivity index (χ1) is 8.16. The highest BCUT2D eigenvalue weighted by atomic mass is 35.5. The third-order valence-corrected chi connectivity index (χ3v) is 2.25. The Labute approximate surface area is 102 Å². The van der Waals surface area contributed by atoms with E-state index in [1.165, 1.54) is 12.1 Å². The maximum atomic E-state index is 10.5. The number of nitrogens with one attached hydrogen (secondary N) is 1. The lowest BCUT2D eigenvalue weighted by atomic mass is 10.3. The van der Waals surface area contributed by atoms with Crippen molar-refractivity contribution in [1.29, 1.82) is 0 Å². The summed E-state index contributed by atoms with van der Waals surface area (Å²) in [6.07, 6.45) is 1.66. The van der Waals surface area contributed by atoms with Crippen molar-refractivity contribution in [2.24, 2.45) is 0 Å². The lowest BCUT2D eigenvalue weighted by Crippen LogP contribution is -1.93. The first-order valence-electron chi connectivity index (χ1n) is 4.63. The molecule has 2 aromatic rings. The molecule has 2 rings (SSSR count). The van der Waals surface area contributed by atoms with Crippen molar-refractivity contribution < 1.29 is 4.92 Å². The minimum Gasteiger partial charge on any atom is -0.358 e. The summed E-state index contributed by atoms with van der Waals surface area (Å²) >= 11 is 5.83. The normalized spacial score (nSPS) is 9.47. The fourth-order valence-corrected chi connectivity index (χ4v) is 1.33. The molecule has 0 unspecified atom stereocenters. The molecule has 0 saturated carbocycles. The Balaban J connectivity index is 2.31. The number of aromatic amines is 1. The van der Waals surface area contributed by atoms with Crippen molar-refractivity contribution in [2.45, 2.75) is 0 Å². The second-order valence-corrected chi connectivity index (χ2v) is 3.50. The second-order valence-electron chi connectivity index (χ2n) is 3.09. The van der Waals surface area contributed by atoms with E-state index in [9.17, 15) is 10.1 Å². The molecule has 5 nitrogen and oxygen atoms in total. The van der Waals surface area contributed by atoms with Crippen molar-refractivity contribution in [1.82, 2.24) is 9.97 Å². The van der Waals surface area contributed by atoms with Gasteiger partial charge in [0, 0.05) is 12.3 Å². The smallest absolute Gasteiger partial charge is 0.358 e. The predicted molar refractivity (Wildman–Crippen MR) is 62.7 cm³/mol. The molecule has 0 saturated heterocycles. The topological polar surface area (TPSA) is 71.8 Å². The van der Waals surface area contributed by atoms with Crippen LogP contribution in [0.2, 0.25) is 5.02 Å².